The van der Waals surface area contributed by atoms with E-state index >= 15 is 0 Å². The van der Waals surface area contributed by atoms with Gasteiger partial charge in [0.1, 0.15) is 17.6 Å². The average Bonchev–Trinajstić information content (AvgIpc) is 3.15. The summed E-state index contributed by atoms with van der Waals surface area (Å²) in [5.74, 6) is 0.850. The first-order valence-corrected chi connectivity index (χ1v) is 11.8. The lowest BCUT2D eigenvalue weighted by atomic mass is 10.00. The molecule has 1 atom stereocenters. The van der Waals surface area contributed by atoms with Crippen LogP contribution < -0.4 is 10.1 Å². The second kappa shape index (κ2) is 10.7. The second-order valence-electron chi connectivity index (χ2n) is 8.12. The van der Waals surface area contributed by atoms with Crippen LogP contribution in [0.5, 0.6) is 5.75 Å². The van der Waals surface area contributed by atoms with Crippen molar-refractivity contribution in [2.75, 3.05) is 13.2 Å². The maximum atomic E-state index is 12.5. The number of amides is 1. The van der Waals surface area contributed by atoms with Crippen molar-refractivity contribution < 1.29 is 19.4 Å². The summed E-state index contributed by atoms with van der Waals surface area (Å²) >= 11 is 6.13. The predicted molar refractivity (Wildman–Crippen MR) is 132 cm³/mol. The molecule has 0 spiro atoms. The lowest BCUT2D eigenvalue weighted by molar-refractivity contribution is -0.137. The Balaban J connectivity index is 1.82. The maximum Gasteiger partial charge on any atom is 0.303 e. The number of hydrogen-bond donors (Lipinski definition) is 2. The Kier molecular flexibility index (Phi) is 7.45. The van der Waals surface area contributed by atoms with Crippen LogP contribution in [-0.4, -0.2) is 50.6 Å². The van der Waals surface area contributed by atoms with E-state index in [-0.39, 0.29) is 25.4 Å². The molecule has 1 amide bonds. The van der Waals surface area contributed by atoms with Crippen LogP contribution in [0.15, 0.2) is 47.5 Å². The predicted octanol–water partition coefficient (Wildman–Crippen LogP) is 3.89. The van der Waals surface area contributed by atoms with Crippen LogP contribution >= 0.6 is 11.6 Å². The Morgan fingerprint density at radius 1 is 1.17 bits per heavy atom. The van der Waals surface area contributed by atoms with Crippen LogP contribution in [-0.2, 0) is 9.59 Å². The molecule has 0 radical (unpaired) electrons. The number of ether oxygens (including phenoxy) is 1. The number of fused-ring (bicyclic) bond motifs is 3. The van der Waals surface area contributed by atoms with E-state index in [9.17, 15) is 9.59 Å². The number of carboxylic acid groups (broad SMARTS) is 1. The van der Waals surface area contributed by atoms with E-state index in [0.717, 1.165) is 16.8 Å². The number of aryl methyl sites for hydroxylation is 1. The molecule has 2 heterocycles. The fraction of sp³-hybridized carbons (Fsp3) is 0.320. The summed E-state index contributed by atoms with van der Waals surface area (Å²) < 4.78 is 7.76. The fourth-order valence-electron chi connectivity index (χ4n) is 4.00. The first kappa shape index (κ1) is 24.4. The van der Waals surface area contributed by atoms with Crippen LogP contribution in [0.1, 0.15) is 55.0 Å². The minimum atomic E-state index is -0.860. The van der Waals surface area contributed by atoms with Gasteiger partial charge in [-0.3, -0.25) is 19.1 Å². The number of carbonyl (C=O) groups is 2. The SMILES string of the molecule is CCNC(=O)C[C@@H]1N=C(c2ccc(Cl)cc2)c2cc(OCCCC(=O)O)ccc2-n2c(C)nnc21. The lowest BCUT2D eigenvalue weighted by Gasteiger charge is -2.15. The number of halogens is 1. The smallest absolute Gasteiger partial charge is 0.303 e. The molecule has 35 heavy (non-hydrogen) atoms. The summed E-state index contributed by atoms with van der Waals surface area (Å²) in [6.07, 6.45) is 0.552. The van der Waals surface area contributed by atoms with Gasteiger partial charge in [0.15, 0.2) is 5.82 Å². The van der Waals surface area contributed by atoms with Crippen LogP contribution in [0.3, 0.4) is 0 Å². The Morgan fingerprint density at radius 3 is 2.66 bits per heavy atom. The Morgan fingerprint density at radius 2 is 1.94 bits per heavy atom. The van der Waals surface area contributed by atoms with Crippen LogP contribution in [0, 0.1) is 6.92 Å². The molecule has 0 bridgehead atoms. The molecule has 1 aromatic heterocycles. The third-order valence-corrected chi connectivity index (χ3v) is 5.82. The van der Waals surface area contributed by atoms with E-state index in [1.165, 1.54) is 0 Å². The van der Waals surface area contributed by atoms with E-state index in [2.05, 4.69) is 15.5 Å². The minimum Gasteiger partial charge on any atom is -0.494 e. The van der Waals surface area contributed by atoms with Crippen molar-refractivity contribution in [3.63, 3.8) is 0 Å². The van der Waals surface area contributed by atoms with Gasteiger partial charge in [0, 0.05) is 29.1 Å². The Labute approximate surface area is 207 Å². The Bertz CT molecular complexity index is 1270. The number of nitrogens with one attached hydrogen (secondary N) is 1. The van der Waals surface area contributed by atoms with Crippen molar-refractivity contribution in [2.45, 2.75) is 39.2 Å². The molecule has 0 fully saturated rings. The highest BCUT2D eigenvalue weighted by atomic mass is 35.5. The molecule has 182 valence electrons. The molecule has 10 heteroatoms. The number of aromatic nitrogens is 3. The summed E-state index contributed by atoms with van der Waals surface area (Å²) in [4.78, 5) is 28.4. The summed E-state index contributed by atoms with van der Waals surface area (Å²) in [5.41, 5.74) is 3.10. The quantitative estimate of drug-likeness (QED) is 0.435. The van der Waals surface area contributed by atoms with Crippen LogP contribution in [0.25, 0.3) is 5.69 Å². The molecule has 1 aliphatic rings. The van der Waals surface area contributed by atoms with Gasteiger partial charge in [0.2, 0.25) is 5.91 Å². The van der Waals surface area contributed by atoms with Gasteiger partial charge < -0.3 is 15.2 Å². The number of rotatable bonds is 9. The largest absolute Gasteiger partial charge is 0.494 e. The molecule has 0 unspecified atom stereocenters. The zero-order valence-corrected chi connectivity index (χ0v) is 20.2. The summed E-state index contributed by atoms with van der Waals surface area (Å²) in [5, 5.41) is 20.9. The Hall–Kier alpha value is -3.72. The maximum absolute atomic E-state index is 12.5. The van der Waals surface area contributed by atoms with Gasteiger partial charge in [0.05, 0.1) is 24.4 Å². The standard InChI is InChI=1S/C25H26ClN5O4/c1-3-27-22(32)14-20-25-30-29-15(2)31(25)21-11-10-18(35-12-4-5-23(33)34)13-19(21)24(28-20)16-6-8-17(26)9-7-16/h6-11,13,20H,3-5,12,14H2,1-2H3,(H,27,32)(H,33,34)/t20-/m0/s1. The molecule has 2 N–H and O–H groups in total. The van der Waals surface area contributed by atoms with Gasteiger partial charge >= 0.3 is 5.97 Å². The van der Waals surface area contributed by atoms with Gasteiger partial charge in [-0.2, -0.15) is 0 Å². The molecule has 4 rings (SSSR count). The normalized spacial score (nSPS) is 14.4. The highest BCUT2D eigenvalue weighted by Crippen LogP contribution is 2.34. The lowest BCUT2D eigenvalue weighted by Crippen LogP contribution is -2.25. The molecular formula is C25H26ClN5O4. The number of carboxylic acids is 1. The monoisotopic (exact) mass is 495 g/mol. The second-order valence-corrected chi connectivity index (χ2v) is 8.56. The van der Waals surface area contributed by atoms with Crippen molar-refractivity contribution in [1.82, 2.24) is 20.1 Å². The van der Waals surface area contributed by atoms with Crippen molar-refractivity contribution in [3.8, 4) is 11.4 Å². The van der Waals surface area contributed by atoms with Gasteiger partial charge in [0.25, 0.3) is 0 Å². The van der Waals surface area contributed by atoms with E-state index in [1.54, 1.807) is 12.1 Å². The summed E-state index contributed by atoms with van der Waals surface area (Å²) in [7, 11) is 0. The van der Waals surface area contributed by atoms with Gasteiger partial charge in [-0.1, -0.05) is 23.7 Å². The third-order valence-electron chi connectivity index (χ3n) is 5.57. The summed E-state index contributed by atoms with van der Waals surface area (Å²) in [6, 6.07) is 12.4. The molecule has 0 saturated heterocycles. The van der Waals surface area contributed by atoms with Crippen molar-refractivity contribution in [1.29, 1.82) is 0 Å². The molecule has 0 aliphatic carbocycles. The van der Waals surface area contributed by atoms with E-state index < -0.39 is 12.0 Å². The van der Waals surface area contributed by atoms with Gasteiger partial charge in [-0.25, -0.2) is 0 Å². The number of aliphatic carboxylic acids is 1. The van der Waals surface area contributed by atoms with E-state index in [4.69, 9.17) is 26.4 Å². The zero-order valence-electron chi connectivity index (χ0n) is 19.5. The number of aliphatic imine (C=N–C) groups is 1. The molecule has 0 saturated carbocycles. The molecule has 9 nitrogen and oxygen atoms in total. The van der Waals surface area contributed by atoms with Crippen LogP contribution in [0.2, 0.25) is 5.02 Å². The topological polar surface area (TPSA) is 119 Å². The first-order valence-electron chi connectivity index (χ1n) is 11.4. The van der Waals surface area contributed by atoms with Gasteiger partial charge in [-0.15, -0.1) is 10.2 Å². The summed E-state index contributed by atoms with van der Waals surface area (Å²) in [6.45, 7) is 4.52. The number of hydrogen-bond acceptors (Lipinski definition) is 6. The average molecular weight is 496 g/mol. The number of nitrogens with zero attached hydrogens (tertiary/aromatic N) is 4. The first-order chi connectivity index (χ1) is 16.9. The number of carbonyl (C=O) groups excluding carboxylic acids is 1. The van der Waals surface area contributed by atoms with Crippen molar-refractivity contribution >= 4 is 29.2 Å². The highest BCUT2D eigenvalue weighted by Gasteiger charge is 2.30. The van der Waals surface area contributed by atoms with Crippen molar-refractivity contribution in [3.05, 3.63) is 70.3 Å². The van der Waals surface area contributed by atoms with E-state index in [0.29, 0.717) is 41.1 Å². The van der Waals surface area contributed by atoms with Crippen molar-refractivity contribution in [2.24, 2.45) is 4.99 Å². The molecular weight excluding hydrogens is 470 g/mol. The van der Waals surface area contributed by atoms with E-state index in [1.807, 2.05) is 48.7 Å². The highest BCUT2D eigenvalue weighted by molar-refractivity contribution is 6.30. The third kappa shape index (κ3) is 5.51. The molecule has 1 aliphatic heterocycles. The number of benzene rings is 2. The molecule has 2 aromatic carbocycles. The van der Waals surface area contributed by atoms with Crippen LogP contribution in [0.4, 0.5) is 0 Å². The van der Waals surface area contributed by atoms with Gasteiger partial charge in [-0.05, 0) is 50.6 Å². The molecule has 3 aromatic rings. The fourth-order valence-corrected chi connectivity index (χ4v) is 4.12. The zero-order chi connectivity index (χ0) is 24.9. The minimum absolute atomic E-state index is 0.0349.